The third-order valence-electron chi connectivity index (χ3n) is 5.47. The third kappa shape index (κ3) is 4.15. The van der Waals surface area contributed by atoms with Gasteiger partial charge >= 0.3 is 0 Å². The van der Waals surface area contributed by atoms with Gasteiger partial charge in [-0.05, 0) is 17.5 Å². The molecule has 0 N–H and O–H groups in total. The summed E-state index contributed by atoms with van der Waals surface area (Å²) in [7, 11) is -0.257. The molecule has 0 radical (unpaired) electrons. The molecule has 0 saturated heterocycles. The Bertz CT molecular complexity index is 803. The van der Waals surface area contributed by atoms with E-state index in [1.54, 1.807) is 18.5 Å². The van der Waals surface area contributed by atoms with Gasteiger partial charge in [0.05, 0.1) is 11.8 Å². The van der Waals surface area contributed by atoms with E-state index in [0.717, 1.165) is 11.1 Å². The Hall–Kier alpha value is -1.73. The van der Waals surface area contributed by atoms with E-state index in [1.807, 2.05) is 67.6 Å². The second kappa shape index (κ2) is 8.74. The van der Waals surface area contributed by atoms with Gasteiger partial charge in [0.2, 0.25) is 10.0 Å². The van der Waals surface area contributed by atoms with Crippen LogP contribution in [0.3, 0.4) is 0 Å². The van der Waals surface area contributed by atoms with Gasteiger partial charge in [0.25, 0.3) is 0 Å². The van der Waals surface area contributed by atoms with Crippen LogP contribution >= 0.6 is 0 Å². The van der Waals surface area contributed by atoms with Crippen LogP contribution in [0.5, 0.6) is 0 Å². The minimum atomic E-state index is -3.47. The van der Waals surface area contributed by atoms with Gasteiger partial charge in [0, 0.05) is 33.1 Å². The Morgan fingerprint density at radius 1 is 0.964 bits per heavy atom. The Balaban J connectivity index is 2.08. The van der Waals surface area contributed by atoms with E-state index in [-0.39, 0.29) is 17.8 Å². The van der Waals surface area contributed by atoms with E-state index in [4.69, 9.17) is 9.47 Å². The van der Waals surface area contributed by atoms with Gasteiger partial charge in [0.1, 0.15) is 0 Å². The Morgan fingerprint density at radius 2 is 1.43 bits per heavy atom. The van der Waals surface area contributed by atoms with E-state index in [2.05, 4.69) is 0 Å². The van der Waals surface area contributed by atoms with Crippen molar-refractivity contribution in [2.75, 3.05) is 20.0 Å². The van der Waals surface area contributed by atoms with E-state index >= 15 is 0 Å². The van der Waals surface area contributed by atoms with E-state index in [0.29, 0.717) is 19.3 Å². The van der Waals surface area contributed by atoms with E-state index in [9.17, 15) is 8.42 Å². The fourth-order valence-electron chi connectivity index (χ4n) is 3.97. The number of nitrogens with zero attached hydrogens (tertiary/aromatic N) is 1. The first-order valence-corrected chi connectivity index (χ1v) is 11.3. The molecular formula is C22H29NO4S. The monoisotopic (exact) mass is 403 g/mol. The Morgan fingerprint density at radius 3 is 1.82 bits per heavy atom. The minimum absolute atomic E-state index is 0.118. The van der Waals surface area contributed by atoms with Crippen molar-refractivity contribution in [3.63, 3.8) is 0 Å². The molecule has 5 nitrogen and oxygen atoms in total. The van der Waals surface area contributed by atoms with Gasteiger partial charge in [-0.15, -0.1) is 0 Å². The predicted octanol–water partition coefficient (Wildman–Crippen LogP) is 3.97. The first kappa shape index (κ1) is 21.0. The van der Waals surface area contributed by atoms with Crippen LogP contribution in [0.4, 0.5) is 0 Å². The van der Waals surface area contributed by atoms with Gasteiger partial charge in [-0.2, -0.15) is 4.31 Å². The lowest BCUT2D eigenvalue weighted by molar-refractivity contribution is -0.267. The molecule has 28 heavy (non-hydrogen) atoms. The van der Waals surface area contributed by atoms with Crippen molar-refractivity contribution < 1.29 is 17.9 Å². The van der Waals surface area contributed by atoms with E-state index in [1.165, 1.54) is 0 Å². The smallest absolute Gasteiger partial charge is 0.215 e. The maximum absolute atomic E-state index is 13.4. The zero-order valence-electron chi connectivity index (χ0n) is 16.7. The Labute approximate surface area is 168 Å². The van der Waals surface area contributed by atoms with Crippen molar-refractivity contribution in [3.05, 3.63) is 71.8 Å². The zero-order valence-corrected chi connectivity index (χ0v) is 17.6. The summed E-state index contributed by atoms with van der Waals surface area (Å²) < 4.78 is 39.5. The highest BCUT2D eigenvalue weighted by Gasteiger charge is 2.52. The largest absolute Gasteiger partial charge is 0.353 e. The topological polar surface area (TPSA) is 55.8 Å². The molecule has 0 aliphatic heterocycles. The summed E-state index contributed by atoms with van der Waals surface area (Å²) in [6.45, 7) is 1.89. The average molecular weight is 404 g/mol. The lowest BCUT2D eigenvalue weighted by Crippen LogP contribution is -2.59. The summed E-state index contributed by atoms with van der Waals surface area (Å²) in [5.41, 5.74) is 1.92. The van der Waals surface area contributed by atoms with Crippen molar-refractivity contribution in [1.29, 1.82) is 0 Å². The molecule has 0 heterocycles. The molecule has 1 aliphatic rings. The van der Waals surface area contributed by atoms with Crippen molar-refractivity contribution in [2.45, 2.75) is 44.1 Å². The van der Waals surface area contributed by atoms with Crippen LogP contribution < -0.4 is 0 Å². The minimum Gasteiger partial charge on any atom is -0.353 e. The fraction of sp³-hybridized carbons (Fsp3) is 0.455. The number of hydrogen-bond acceptors (Lipinski definition) is 4. The normalized spacial score (nSPS) is 17.0. The van der Waals surface area contributed by atoms with Gasteiger partial charge in [-0.1, -0.05) is 67.6 Å². The Kier molecular flexibility index (Phi) is 6.55. The fourth-order valence-corrected chi connectivity index (χ4v) is 5.87. The van der Waals surface area contributed by atoms with Crippen LogP contribution in [-0.4, -0.2) is 44.5 Å². The standard InChI is InChI=1S/C22H29NO4S/c1-4-15-28(24,25)23(20-16-22(17-20,26-2)27-3)21(18-11-7-5-8-12-18)19-13-9-6-10-14-19/h5-14,20-21H,4,15-17H2,1-3H3. The molecule has 0 atom stereocenters. The highest BCUT2D eigenvalue weighted by Crippen LogP contribution is 2.45. The molecule has 2 aromatic rings. The summed E-state index contributed by atoms with van der Waals surface area (Å²) in [6, 6.07) is 19.1. The first-order valence-electron chi connectivity index (χ1n) is 9.68. The highest BCUT2D eigenvalue weighted by molar-refractivity contribution is 7.89. The van der Waals surface area contributed by atoms with Crippen molar-refractivity contribution in [2.24, 2.45) is 0 Å². The number of ether oxygens (including phenoxy) is 2. The quantitative estimate of drug-likeness (QED) is 0.595. The molecule has 1 fully saturated rings. The van der Waals surface area contributed by atoms with Gasteiger partial charge in [0.15, 0.2) is 5.79 Å². The number of rotatable bonds is 9. The molecular weight excluding hydrogens is 374 g/mol. The average Bonchev–Trinajstić information content (AvgIpc) is 2.68. The van der Waals surface area contributed by atoms with Crippen molar-refractivity contribution in [3.8, 4) is 0 Å². The predicted molar refractivity (Wildman–Crippen MR) is 110 cm³/mol. The molecule has 1 aliphatic carbocycles. The summed E-state index contributed by atoms with van der Waals surface area (Å²) in [5.74, 6) is -0.588. The van der Waals surface area contributed by atoms with Crippen LogP contribution in [-0.2, 0) is 19.5 Å². The molecule has 6 heteroatoms. The van der Waals surface area contributed by atoms with Crippen LogP contribution in [0.25, 0.3) is 0 Å². The van der Waals surface area contributed by atoms with Crippen LogP contribution in [0.2, 0.25) is 0 Å². The van der Waals surface area contributed by atoms with Crippen molar-refractivity contribution >= 4 is 10.0 Å². The van der Waals surface area contributed by atoms with Gasteiger partial charge in [-0.3, -0.25) is 0 Å². The molecule has 0 amide bonds. The lowest BCUT2D eigenvalue weighted by atomic mass is 9.83. The maximum atomic E-state index is 13.4. The highest BCUT2D eigenvalue weighted by atomic mass is 32.2. The number of methoxy groups -OCH3 is 2. The molecule has 152 valence electrons. The van der Waals surface area contributed by atoms with Gasteiger partial charge in [-0.25, -0.2) is 8.42 Å². The second-order valence-corrected chi connectivity index (χ2v) is 9.24. The van der Waals surface area contributed by atoms with E-state index < -0.39 is 15.8 Å². The summed E-state index contributed by atoms with van der Waals surface area (Å²) in [6.07, 6.45) is 1.60. The molecule has 0 aromatic heterocycles. The number of hydrogen-bond donors (Lipinski definition) is 0. The summed E-state index contributed by atoms with van der Waals surface area (Å²) in [5, 5.41) is 0. The molecule has 1 saturated carbocycles. The molecule has 0 unspecified atom stereocenters. The SMILES string of the molecule is CCCS(=O)(=O)N(C1CC(OC)(OC)C1)C(c1ccccc1)c1ccccc1. The van der Waals surface area contributed by atoms with Crippen LogP contribution in [0.1, 0.15) is 43.4 Å². The summed E-state index contributed by atoms with van der Waals surface area (Å²) >= 11 is 0. The van der Waals surface area contributed by atoms with Crippen LogP contribution in [0.15, 0.2) is 60.7 Å². The molecule has 0 spiro atoms. The lowest BCUT2D eigenvalue weighted by Gasteiger charge is -2.50. The van der Waals surface area contributed by atoms with Crippen LogP contribution in [0, 0.1) is 0 Å². The molecule has 2 aromatic carbocycles. The molecule has 0 bridgehead atoms. The van der Waals surface area contributed by atoms with Crippen molar-refractivity contribution in [1.82, 2.24) is 4.31 Å². The summed E-state index contributed by atoms with van der Waals surface area (Å²) in [4.78, 5) is 0. The maximum Gasteiger partial charge on any atom is 0.215 e. The molecule has 3 rings (SSSR count). The number of benzene rings is 2. The number of sulfonamides is 1. The zero-order chi connectivity index (χ0) is 20.2. The van der Waals surface area contributed by atoms with Gasteiger partial charge < -0.3 is 9.47 Å². The first-order chi connectivity index (χ1) is 13.5. The third-order valence-corrected chi connectivity index (χ3v) is 7.54. The second-order valence-electron chi connectivity index (χ2n) is 7.25.